The predicted molar refractivity (Wildman–Crippen MR) is 108 cm³/mol. The number of ether oxygens (including phenoxy) is 1. The van der Waals surface area contributed by atoms with Crippen LogP contribution in [0.1, 0.15) is 18.4 Å². The van der Waals surface area contributed by atoms with E-state index in [0.717, 1.165) is 5.56 Å². The Morgan fingerprint density at radius 1 is 0.966 bits per heavy atom. The number of pyridine rings is 1. The standard InChI is InChI=1S/C21H25N3O4S/c25-20(21(8-15-28-16-9-21)18-5-2-1-3-6-18)23-11-13-24(14-12-23)29(26,27)19-7-4-10-22-17-19/h1-7,10,17H,8-9,11-16H2. The van der Waals surface area contributed by atoms with E-state index in [2.05, 4.69) is 4.98 Å². The van der Waals surface area contributed by atoms with Crippen molar-refractivity contribution >= 4 is 15.9 Å². The second-order valence-electron chi connectivity index (χ2n) is 7.45. The maximum Gasteiger partial charge on any atom is 0.244 e. The van der Waals surface area contributed by atoms with Crippen molar-refractivity contribution in [3.63, 3.8) is 0 Å². The summed E-state index contributed by atoms with van der Waals surface area (Å²) in [5.74, 6) is 0.0745. The number of sulfonamides is 1. The van der Waals surface area contributed by atoms with Gasteiger partial charge in [-0.1, -0.05) is 30.3 Å². The van der Waals surface area contributed by atoms with Crippen molar-refractivity contribution < 1.29 is 17.9 Å². The lowest BCUT2D eigenvalue weighted by Gasteiger charge is -2.42. The van der Waals surface area contributed by atoms with Gasteiger partial charge in [-0.25, -0.2) is 8.42 Å². The molecule has 0 unspecified atom stereocenters. The summed E-state index contributed by atoms with van der Waals surface area (Å²) in [6.07, 6.45) is 4.19. The first-order chi connectivity index (χ1) is 14.0. The third kappa shape index (κ3) is 3.80. The van der Waals surface area contributed by atoms with Crippen molar-refractivity contribution in [1.82, 2.24) is 14.2 Å². The molecule has 2 aliphatic heterocycles. The zero-order valence-electron chi connectivity index (χ0n) is 16.2. The molecule has 0 saturated carbocycles. The molecular weight excluding hydrogens is 390 g/mol. The molecule has 0 N–H and O–H groups in total. The van der Waals surface area contributed by atoms with Crippen LogP contribution < -0.4 is 0 Å². The molecule has 0 bridgehead atoms. The number of benzene rings is 1. The smallest absolute Gasteiger partial charge is 0.244 e. The van der Waals surface area contributed by atoms with Crippen LogP contribution in [-0.2, 0) is 25.0 Å². The highest BCUT2D eigenvalue weighted by atomic mass is 32.2. The summed E-state index contributed by atoms with van der Waals surface area (Å²) in [4.78, 5) is 19.5. The van der Waals surface area contributed by atoms with Crippen LogP contribution in [0.15, 0.2) is 59.8 Å². The molecule has 1 amide bonds. The van der Waals surface area contributed by atoms with E-state index in [9.17, 15) is 13.2 Å². The van der Waals surface area contributed by atoms with Crippen LogP contribution in [0.3, 0.4) is 0 Å². The molecule has 2 saturated heterocycles. The van der Waals surface area contributed by atoms with Crippen molar-refractivity contribution in [1.29, 1.82) is 0 Å². The van der Waals surface area contributed by atoms with E-state index in [-0.39, 0.29) is 23.9 Å². The van der Waals surface area contributed by atoms with Gasteiger partial charge in [0.2, 0.25) is 15.9 Å². The van der Waals surface area contributed by atoms with Crippen LogP contribution in [-0.4, -0.2) is 67.9 Å². The molecule has 7 nitrogen and oxygen atoms in total. The molecule has 29 heavy (non-hydrogen) atoms. The number of amides is 1. The third-order valence-electron chi connectivity index (χ3n) is 5.88. The SMILES string of the molecule is O=C(N1CCN(S(=O)(=O)c2cccnc2)CC1)C1(c2ccccc2)CCOCC1. The number of nitrogens with zero attached hydrogens (tertiary/aromatic N) is 3. The first-order valence-electron chi connectivity index (χ1n) is 9.87. The molecule has 2 aliphatic rings. The average Bonchev–Trinajstić information content (AvgIpc) is 2.80. The number of aromatic nitrogens is 1. The van der Waals surface area contributed by atoms with E-state index >= 15 is 0 Å². The molecule has 1 aromatic heterocycles. The number of carbonyl (C=O) groups excluding carboxylic acids is 1. The van der Waals surface area contributed by atoms with Gasteiger partial charge in [0.05, 0.1) is 5.41 Å². The quantitative estimate of drug-likeness (QED) is 0.759. The van der Waals surface area contributed by atoms with Gasteiger partial charge < -0.3 is 9.64 Å². The maximum atomic E-state index is 13.6. The highest BCUT2D eigenvalue weighted by Crippen LogP contribution is 2.37. The highest BCUT2D eigenvalue weighted by molar-refractivity contribution is 7.89. The van der Waals surface area contributed by atoms with Crippen molar-refractivity contribution in [2.75, 3.05) is 39.4 Å². The van der Waals surface area contributed by atoms with E-state index in [1.165, 1.54) is 10.5 Å². The maximum absolute atomic E-state index is 13.6. The van der Waals surface area contributed by atoms with Crippen LogP contribution in [0.25, 0.3) is 0 Å². The average molecular weight is 416 g/mol. The minimum atomic E-state index is -3.59. The second kappa shape index (κ2) is 8.22. The van der Waals surface area contributed by atoms with Crippen LogP contribution in [0.4, 0.5) is 0 Å². The fourth-order valence-electron chi connectivity index (χ4n) is 4.19. The molecule has 2 aromatic rings. The molecule has 0 radical (unpaired) electrons. The Bertz CT molecular complexity index is 936. The Hall–Kier alpha value is -2.29. The number of piperazine rings is 1. The Balaban J connectivity index is 1.51. The summed E-state index contributed by atoms with van der Waals surface area (Å²) < 4.78 is 32.6. The first kappa shape index (κ1) is 20.0. The van der Waals surface area contributed by atoms with Crippen molar-refractivity contribution in [2.45, 2.75) is 23.2 Å². The summed E-state index contributed by atoms with van der Waals surface area (Å²) >= 11 is 0. The zero-order valence-corrected chi connectivity index (χ0v) is 17.1. The van der Waals surface area contributed by atoms with Gasteiger partial charge in [-0.3, -0.25) is 9.78 Å². The zero-order chi connectivity index (χ0) is 20.3. The molecule has 0 spiro atoms. The van der Waals surface area contributed by atoms with Gasteiger partial charge in [0, 0.05) is 51.8 Å². The molecular formula is C21H25N3O4S. The molecule has 0 atom stereocenters. The van der Waals surface area contributed by atoms with Gasteiger partial charge in [0.25, 0.3) is 0 Å². The van der Waals surface area contributed by atoms with E-state index in [4.69, 9.17) is 4.74 Å². The number of hydrogen-bond donors (Lipinski definition) is 0. The van der Waals surface area contributed by atoms with Gasteiger partial charge in [0.15, 0.2) is 0 Å². The van der Waals surface area contributed by atoms with Crippen LogP contribution in [0.5, 0.6) is 0 Å². The number of carbonyl (C=O) groups is 1. The number of rotatable bonds is 4. The predicted octanol–water partition coefficient (Wildman–Crippen LogP) is 1.66. The fourth-order valence-corrected chi connectivity index (χ4v) is 5.57. The minimum Gasteiger partial charge on any atom is -0.381 e. The molecule has 8 heteroatoms. The minimum absolute atomic E-state index is 0.0745. The molecule has 4 rings (SSSR count). The van der Waals surface area contributed by atoms with Crippen LogP contribution in [0.2, 0.25) is 0 Å². The summed E-state index contributed by atoms with van der Waals surface area (Å²) in [5, 5.41) is 0. The lowest BCUT2D eigenvalue weighted by Crippen LogP contribution is -2.56. The Morgan fingerprint density at radius 2 is 1.66 bits per heavy atom. The van der Waals surface area contributed by atoms with Crippen LogP contribution >= 0.6 is 0 Å². The summed E-state index contributed by atoms with van der Waals surface area (Å²) in [6.45, 7) is 2.43. The molecule has 0 aliphatic carbocycles. The lowest BCUT2D eigenvalue weighted by molar-refractivity contribution is -0.142. The van der Waals surface area contributed by atoms with Crippen LogP contribution in [0, 0.1) is 0 Å². The summed E-state index contributed by atoms with van der Waals surface area (Å²) in [6, 6.07) is 13.0. The first-order valence-corrected chi connectivity index (χ1v) is 11.3. The molecule has 3 heterocycles. The van der Waals surface area contributed by atoms with Crippen molar-refractivity contribution in [2.24, 2.45) is 0 Å². The van der Waals surface area contributed by atoms with Crippen molar-refractivity contribution in [3.8, 4) is 0 Å². The Labute approximate surface area is 171 Å². The second-order valence-corrected chi connectivity index (χ2v) is 9.38. The van der Waals surface area contributed by atoms with Gasteiger partial charge >= 0.3 is 0 Å². The fraction of sp³-hybridized carbons (Fsp3) is 0.429. The van der Waals surface area contributed by atoms with Crippen molar-refractivity contribution in [3.05, 3.63) is 60.4 Å². The number of hydrogen-bond acceptors (Lipinski definition) is 5. The molecule has 1 aromatic carbocycles. The van der Waals surface area contributed by atoms with Gasteiger partial charge in [-0.2, -0.15) is 4.31 Å². The van der Waals surface area contributed by atoms with E-state index in [1.54, 1.807) is 18.3 Å². The monoisotopic (exact) mass is 415 g/mol. The molecule has 2 fully saturated rings. The Morgan fingerprint density at radius 3 is 2.28 bits per heavy atom. The summed E-state index contributed by atoms with van der Waals surface area (Å²) in [5.41, 5.74) is 0.419. The third-order valence-corrected chi connectivity index (χ3v) is 7.76. The van der Waals surface area contributed by atoms with Gasteiger partial charge in [-0.15, -0.1) is 0 Å². The lowest BCUT2D eigenvalue weighted by atomic mass is 9.73. The van der Waals surface area contributed by atoms with E-state index < -0.39 is 15.4 Å². The van der Waals surface area contributed by atoms with Gasteiger partial charge in [-0.05, 0) is 30.5 Å². The van der Waals surface area contributed by atoms with E-state index in [0.29, 0.717) is 39.1 Å². The largest absolute Gasteiger partial charge is 0.381 e. The Kier molecular flexibility index (Phi) is 5.67. The summed E-state index contributed by atoms with van der Waals surface area (Å²) in [7, 11) is -3.59. The normalized spacial score (nSPS) is 20.3. The topological polar surface area (TPSA) is 79.8 Å². The molecule has 154 valence electrons. The van der Waals surface area contributed by atoms with Gasteiger partial charge in [0.1, 0.15) is 4.90 Å². The highest BCUT2D eigenvalue weighted by Gasteiger charge is 2.45. The van der Waals surface area contributed by atoms with E-state index in [1.807, 2.05) is 35.2 Å².